The largest absolute Gasteiger partial charge is 0.483 e. The van der Waals surface area contributed by atoms with Crippen molar-refractivity contribution < 1.29 is 9.53 Å². The van der Waals surface area contributed by atoms with E-state index in [9.17, 15) is 4.79 Å². The van der Waals surface area contributed by atoms with Crippen LogP contribution >= 0.6 is 12.2 Å². The summed E-state index contributed by atoms with van der Waals surface area (Å²) in [6, 6.07) is 8.00. The van der Waals surface area contributed by atoms with E-state index in [2.05, 4.69) is 16.2 Å². The number of ether oxygens (including phenoxy) is 1. The van der Waals surface area contributed by atoms with Crippen LogP contribution in [-0.4, -0.2) is 23.7 Å². The highest BCUT2D eigenvalue weighted by molar-refractivity contribution is 7.80. The average molecular weight is 307 g/mol. The average Bonchev–Trinajstić information content (AvgIpc) is 2.97. The summed E-state index contributed by atoms with van der Waals surface area (Å²) in [4.78, 5) is 11.7. The van der Waals surface area contributed by atoms with Crippen LogP contribution in [0.4, 0.5) is 0 Å². The van der Waals surface area contributed by atoms with E-state index in [1.165, 1.54) is 12.8 Å². The molecule has 1 aliphatic carbocycles. The fourth-order valence-electron chi connectivity index (χ4n) is 2.32. The third kappa shape index (κ3) is 5.23. The van der Waals surface area contributed by atoms with Gasteiger partial charge in [-0.25, -0.2) is 0 Å². The zero-order valence-corrected chi connectivity index (χ0v) is 13.0. The Hall–Kier alpha value is -1.82. The number of amides is 1. The molecule has 1 aromatic rings. The predicted molar refractivity (Wildman–Crippen MR) is 85.9 cm³/mol. The van der Waals surface area contributed by atoms with Gasteiger partial charge in [0.2, 0.25) is 0 Å². The summed E-state index contributed by atoms with van der Waals surface area (Å²) in [7, 11) is 0. The summed E-state index contributed by atoms with van der Waals surface area (Å²) in [6.07, 6.45) is 4.73. The van der Waals surface area contributed by atoms with E-state index in [-0.39, 0.29) is 12.5 Å². The van der Waals surface area contributed by atoms with Gasteiger partial charge in [-0.1, -0.05) is 31.0 Å². The molecule has 1 aromatic carbocycles. The molecule has 0 bridgehead atoms. The molecule has 6 heteroatoms. The highest BCUT2D eigenvalue weighted by Gasteiger charge is 2.15. The second kappa shape index (κ2) is 7.83. The molecule has 1 fully saturated rings. The molecule has 0 aromatic heterocycles. The van der Waals surface area contributed by atoms with Gasteiger partial charge < -0.3 is 10.1 Å². The van der Waals surface area contributed by atoms with Crippen LogP contribution in [0, 0.1) is 6.92 Å². The molecule has 21 heavy (non-hydrogen) atoms. The maximum atomic E-state index is 11.7. The van der Waals surface area contributed by atoms with Crippen LogP contribution in [0.3, 0.4) is 0 Å². The summed E-state index contributed by atoms with van der Waals surface area (Å²) < 4.78 is 5.45. The first-order chi connectivity index (χ1) is 10.1. The zero-order valence-electron chi connectivity index (χ0n) is 12.1. The van der Waals surface area contributed by atoms with Gasteiger partial charge in [0.05, 0.1) is 0 Å². The van der Waals surface area contributed by atoms with E-state index >= 15 is 0 Å². The number of hydrazine groups is 1. The van der Waals surface area contributed by atoms with Gasteiger partial charge in [0.15, 0.2) is 11.7 Å². The number of rotatable bonds is 4. The van der Waals surface area contributed by atoms with Crippen LogP contribution in [0.5, 0.6) is 5.75 Å². The highest BCUT2D eigenvalue weighted by atomic mass is 32.1. The molecular weight excluding hydrogens is 286 g/mol. The van der Waals surface area contributed by atoms with Gasteiger partial charge in [0.1, 0.15) is 5.75 Å². The van der Waals surface area contributed by atoms with Gasteiger partial charge in [0, 0.05) is 6.04 Å². The standard InChI is InChI=1S/C15H21N3O2S/c1-11-6-2-5-9-13(11)20-10-14(19)17-18-15(21)16-12-7-3-4-8-12/h2,5-6,9,12H,3-4,7-8,10H2,1H3,(H,17,19)(H2,16,18,21). The fourth-order valence-corrected chi connectivity index (χ4v) is 2.53. The molecule has 3 N–H and O–H groups in total. The third-order valence-corrected chi connectivity index (χ3v) is 3.68. The lowest BCUT2D eigenvalue weighted by molar-refractivity contribution is -0.123. The number of thiocarbonyl (C=S) groups is 1. The number of carbonyl (C=O) groups excluding carboxylic acids is 1. The monoisotopic (exact) mass is 307 g/mol. The molecular formula is C15H21N3O2S. The molecule has 2 rings (SSSR count). The van der Waals surface area contributed by atoms with Gasteiger partial charge in [-0.15, -0.1) is 0 Å². The summed E-state index contributed by atoms with van der Waals surface area (Å²) >= 11 is 5.13. The Morgan fingerprint density at radius 3 is 2.71 bits per heavy atom. The Morgan fingerprint density at radius 1 is 1.29 bits per heavy atom. The van der Waals surface area contributed by atoms with Crippen molar-refractivity contribution in [1.82, 2.24) is 16.2 Å². The summed E-state index contributed by atoms with van der Waals surface area (Å²) in [5.74, 6) is 0.438. The summed E-state index contributed by atoms with van der Waals surface area (Å²) in [6.45, 7) is 1.88. The predicted octanol–water partition coefficient (Wildman–Crippen LogP) is 1.81. The zero-order chi connectivity index (χ0) is 15.1. The van der Waals surface area contributed by atoms with Gasteiger partial charge in [-0.05, 0) is 43.6 Å². The van der Waals surface area contributed by atoms with Crippen molar-refractivity contribution in [3.8, 4) is 5.75 Å². The molecule has 0 aliphatic heterocycles. The topological polar surface area (TPSA) is 62.4 Å². The molecule has 0 saturated heterocycles. The minimum Gasteiger partial charge on any atom is -0.483 e. The van der Waals surface area contributed by atoms with Gasteiger partial charge in [-0.3, -0.25) is 15.6 Å². The molecule has 0 spiro atoms. The van der Waals surface area contributed by atoms with Crippen molar-refractivity contribution in [3.63, 3.8) is 0 Å². The van der Waals surface area contributed by atoms with Crippen molar-refractivity contribution in [2.45, 2.75) is 38.6 Å². The Balaban J connectivity index is 1.65. The first kappa shape index (κ1) is 15.6. The third-order valence-electron chi connectivity index (χ3n) is 3.46. The minimum absolute atomic E-state index is 0.0517. The smallest absolute Gasteiger partial charge is 0.276 e. The number of aryl methyl sites for hydroxylation is 1. The number of hydrogen-bond donors (Lipinski definition) is 3. The SMILES string of the molecule is Cc1ccccc1OCC(=O)NNC(=S)NC1CCCC1. The van der Waals surface area contributed by atoms with Crippen molar-refractivity contribution in [3.05, 3.63) is 29.8 Å². The number of nitrogens with one attached hydrogen (secondary N) is 3. The molecule has 0 unspecified atom stereocenters. The maximum absolute atomic E-state index is 11.7. The van der Waals surface area contributed by atoms with Gasteiger partial charge in [-0.2, -0.15) is 0 Å². The van der Waals surface area contributed by atoms with Crippen LogP contribution in [0.25, 0.3) is 0 Å². The number of benzene rings is 1. The minimum atomic E-state index is -0.270. The molecule has 0 radical (unpaired) electrons. The first-order valence-electron chi connectivity index (χ1n) is 7.19. The molecule has 1 aliphatic rings. The number of hydrogen-bond acceptors (Lipinski definition) is 3. The van der Waals surface area contributed by atoms with Crippen LogP contribution in [0.1, 0.15) is 31.2 Å². The molecule has 5 nitrogen and oxygen atoms in total. The maximum Gasteiger partial charge on any atom is 0.276 e. The Labute approximate surface area is 130 Å². The molecule has 1 saturated carbocycles. The van der Waals surface area contributed by atoms with Crippen molar-refractivity contribution in [1.29, 1.82) is 0 Å². The Morgan fingerprint density at radius 2 is 2.00 bits per heavy atom. The van der Waals surface area contributed by atoms with Crippen LogP contribution in [0.2, 0.25) is 0 Å². The summed E-state index contributed by atoms with van der Waals surface area (Å²) in [5.41, 5.74) is 6.23. The first-order valence-corrected chi connectivity index (χ1v) is 7.60. The van der Waals surface area contributed by atoms with Crippen LogP contribution < -0.4 is 20.9 Å². The highest BCUT2D eigenvalue weighted by Crippen LogP contribution is 2.17. The molecule has 114 valence electrons. The molecule has 1 amide bonds. The van der Waals surface area contributed by atoms with E-state index in [0.717, 1.165) is 18.4 Å². The summed E-state index contributed by atoms with van der Waals surface area (Å²) in [5, 5.41) is 3.63. The fraction of sp³-hybridized carbons (Fsp3) is 0.467. The van der Waals surface area contributed by atoms with E-state index < -0.39 is 0 Å². The van der Waals surface area contributed by atoms with Crippen molar-refractivity contribution in [2.24, 2.45) is 0 Å². The van der Waals surface area contributed by atoms with Gasteiger partial charge >= 0.3 is 0 Å². The number of para-hydroxylation sites is 1. The van der Waals surface area contributed by atoms with Crippen LogP contribution in [-0.2, 0) is 4.79 Å². The van der Waals surface area contributed by atoms with Crippen molar-refractivity contribution in [2.75, 3.05) is 6.61 Å². The lowest BCUT2D eigenvalue weighted by atomic mass is 10.2. The van der Waals surface area contributed by atoms with E-state index in [1.54, 1.807) is 0 Å². The van der Waals surface area contributed by atoms with Crippen LogP contribution in [0.15, 0.2) is 24.3 Å². The van der Waals surface area contributed by atoms with Crippen molar-refractivity contribution >= 4 is 23.2 Å². The Bertz CT molecular complexity index is 501. The second-order valence-electron chi connectivity index (χ2n) is 5.18. The van der Waals surface area contributed by atoms with E-state index in [4.69, 9.17) is 17.0 Å². The Kier molecular flexibility index (Phi) is 5.80. The second-order valence-corrected chi connectivity index (χ2v) is 5.59. The van der Waals surface area contributed by atoms with E-state index in [1.807, 2.05) is 31.2 Å². The lowest BCUT2D eigenvalue weighted by Crippen LogP contribution is -2.50. The number of carbonyl (C=O) groups is 1. The lowest BCUT2D eigenvalue weighted by Gasteiger charge is -2.16. The molecule has 0 heterocycles. The molecule has 0 atom stereocenters. The quantitative estimate of drug-likeness (QED) is 0.585. The normalized spacial score (nSPS) is 14.5. The van der Waals surface area contributed by atoms with E-state index in [0.29, 0.717) is 16.9 Å². The van der Waals surface area contributed by atoms with Gasteiger partial charge in [0.25, 0.3) is 5.91 Å².